The number of anilines is 2. The van der Waals surface area contributed by atoms with Crippen molar-refractivity contribution < 1.29 is 22.7 Å². The molecular weight excluding hydrogens is 368 g/mol. The molecule has 0 aromatic heterocycles. The van der Waals surface area contributed by atoms with E-state index >= 15 is 0 Å². The maximum Gasteiger partial charge on any atom is 0.236 e. The maximum atomic E-state index is 12.5. The van der Waals surface area contributed by atoms with Crippen molar-refractivity contribution in [3.05, 3.63) is 48.0 Å². The van der Waals surface area contributed by atoms with Gasteiger partial charge in [0.2, 0.25) is 15.9 Å². The Morgan fingerprint density at radius 1 is 1.22 bits per heavy atom. The molecule has 7 nitrogen and oxygen atoms in total. The monoisotopic (exact) mass is 390 g/mol. The van der Waals surface area contributed by atoms with Crippen LogP contribution in [0.25, 0.3) is 0 Å². The Morgan fingerprint density at radius 3 is 2.74 bits per heavy atom. The highest BCUT2D eigenvalue weighted by Crippen LogP contribution is 2.34. The first-order valence-corrected chi connectivity index (χ1v) is 10.1. The zero-order valence-corrected chi connectivity index (χ0v) is 16.2. The highest BCUT2D eigenvalue weighted by molar-refractivity contribution is 7.91. The van der Waals surface area contributed by atoms with Gasteiger partial charge in [-0.25, -0.2) is 8.42 Å². The summed E-state index contributed by atoms with van der Waals surface area (Å²) < 4.78 is 38.4. The molecule has 1 aliphatic rings. The lowest BCUT2D eigenvalue weighted by Gasteiger charge is -2.18. The first-order chi connectivity index (χ1) is 12.7. The van der Waals surface area contributed by atoms with E-state index in [-0.39, 0.29) is 18.3 Å². The standard InChI is InChI=1S/C19H22N2O5S/c1-19(2)12-26-17-10-14(7-8-16(17)20-18(19)22)21-27(23,24)11-13-5-4-6-15(9-13)25-3/h4-10,21H,11-12H2,1-3H3,(H,20,22). The van der Waals surface area contributed by atoms with E-state index < -0.39 is 15.4 Å². The van der Waals surface area contributed by atoms with Crippen molar-refractivity contribution in [2.45, 2.75) is 19.6 Å². The number of sulfonamides is 1. The van der Waals surface area contributed by atoms with Crippen LogP contribution in [0.2, 0.25) is 0 Å². The van der Waals surface area contributed by atoms with Gasteiger partial charge in [-0.1, -0.05) is 12.1 Å². The third kappa shape index (κ3) is 4.51. The highest BCUT2D eigenvalue weighted by Gasteiger charge is 2.32. The first kappa shape index (κ1) is 19.0. The number of ether oxygens (including phenoxy) is 2. The molecule has 144 valence electrons. The molecule has 0 fully saturated rings. The third-order valence-corrected chi connectivity index (χ3v) is 5.46. The average molecular weight is 390 g/mol. The summed E-state index contributed by atoms with van der Waals surface area (Å²) in [6.07, 6.45) is 0. The quantitative estimate of drug-likeness (QED) is 0.819. The molecule has 8 heteroatoms. The molecule has 1 amide bonds. The molecule has 0 bridgehead atoms. The van der Waals surface area contributed by atoms with E-state index in [0.717, 1.165) is 0 Å². The SMILES string of the molecule is COc1cccc(CS(=O)(=O)Nc2ccc3c(c2)OCC(C)(C)C(=O)N3)c1. The number of methoxy groups -OCH3 is 1. The van der Waals surface area contributed by atoms with E-state index in [0.29, 0.717) is 28.4 Å². The number of carbonyl (C=O) groups is 1. The number of fused-ring (bicyclic) bond motifs is 1. The fourth-order valence-electron chi connectivity index (χ4n) is 2.62. The van der Waals surface area contributed by atoms with Gasteiger partial charge in [-0.2, -0.15) is 0 Å². The fourth-order valence-corrected chi connectivity index (χ4v) is 3.80. The van der Waals surface area contributed by atoms with Gasteiger partial charge in [0.1, 0.15) is 18.1 Å². The predicted octanol–water partition coefficient (Wildman–Crippen LogP) is 2.99. The van der Waals surface area contributed by atoms with Crippen LogP contribution in [-0.4, -0.2) is 28.0 Å². The average Bonchev–Trinajstić information content (AvgIpc) is 2.71. The van der Waals surface area contributed by atoms with Gasteiger partial charge in [-0.15, -0.1) is 0 Å². The minimum Gasteiger partial charge on any atom is -0.497 e. The Morgan fingerprint density at radius 2 is 2.00 bits per heavy atom. The zero-order chi connectivity index (χ0) is 19.7. The van der Waals surface area contributed by atoms with Crippen LogP contribution in [0.15, 0.2) is 42.5 Å². The van der Waals surface area contributed by atoms with E-state index in [1.54, 1.807) is 56.3 Å². The molecule has 2 aromatic carbocycles. The summed E-state index contributed by atoms with van der Waals surface area (Å²) >= 11 is 0. The Labute approximate surface area is 158 Å². The lowest BCUT2D eigenvalue weighted by atomic mass is 9.94. The van der Waals surface area contributed by atoms with Gasteiger partial charge in [0, 0.05) is 6.07 Å². The van der Waals surface area contributed by atoms with Crippen molar-refractivity contribution in [1.82, 2.24) is 0 Å². The number of hydrogen-bond donors (Lipinski definition) is 2. The Bertz CT molecular complexity index is 970. The third-order valence-electron chi connectivity index (χ3n) is 4.20. The van der Waals surface area contributed by atoms with Crippen LogP contribution in [0.1, 0.15) is 19.4 Å². The summed E-state index contributed by atoms with van der Waals surface area (Å²) in [5, 5.41) is 2.80. The molecule has 0 saturated carbocycles. The molecule has 1 aliphatic heterocycles. The maximum absolute atomic E-state index is 12.5. The van der Waals surface area contributed by atoms with Crippen LogP contribution in [0.5, 0.6) is 11.5 Å². The summed E-state index contributed by atoms with van der Waals surface area (Å²) in [5.74, 6) is 0.689. The van der Waals surface area contributed by atoms with Gasteiger partial charge in [0.05, 0.1) is 29.7 Å². The molecular formula is C19H22N2O5S. The summed E-state index contributed by atoms with van der Waals surface area (Å²) in [7, 11) is -2.10. The van der Waals surface area contributed by atoms with Crippen molar-refractivity contribution in [2.24, 2.45) is 5.41 Å². The predicted molar refractivity (Wildman–Crippen MR) is 104 cm³/mol. The number of rotatable bonds is 5. The van der Waals surface area contributed by atoms with Crippen molar-refractivity contribution in [3.8, 4) is 11.5 Å². The minimum atomic E-state index is -3.63. The van der Waals surface area contributed by atoms with Crippen molar-refractivity contribution in [2.75, 3.05) is 23.8 Å². The normalized spacial score (nSPS) is 15.7. The first-order valence-electron chi connectivity index (χ1n) is 8.40. The van der Waals surface area contributed by atoms with Crippen LogP contribution < -0.4 is 19.5 Å². The van der Waals surface area contributed by atoms with Gasteiger partial charge < -0.3 is 14.8 Å². The summed E-state index contributed by atoms with van der Waals surface area (Å²) in [6, 6.07) is 11.7. The number of amides is 1. The number of hydrogen-bond acceptors (Lipinski definition) is 5. The molecule has 1 heterocycles. The smallest absolute Gasteiger partial charge is 0.236 e. The van der Waals surface area contributed by atoms with E-state index in [2.05, 4.69) is 10.0 Å². The van der Waals surface area contributed by atoms with Crippen LogP contribution in [-0.2, 0) is 20.6 Å². The number of nitrogens with one attached hydrogen (secondary N) is 2. The summed E-state index contributed by atoms with van der Waals surface area (Å²) in [5.41, 5.74) is 0.819. The molecule has 0 aliphatic carbocycles. The van der Waals surface area contributed by atoms with Gasteiger partial charge >= 0.3 is 0 Å². The Kier molecular flexibility index (Phi) is 5.01. The minimum absolute atomic E-state index is 0.146. The molecule has 2 aromatic rings. The topological polar surface area (TPSA) is 93.7 Å². The summed E-state index contributed by atoms with van der Waals surface area (Å²) in [4.78, 5) is 12.2. The molecule has 0 saturated heterocycles. The zero-order valence-electron chi connectivity index (χ0n) is 15.4. The molecule has 2 N–H and O–H groups in total. The molecule has 0 spiro atoms. The largest absolute Gasteiger partial charge is 0.497 e. The van der Waals surface area contributed by atoms with Gasteiger partial charge in [-0.3, -0.25) is 9.52 Å². The molecule has 0 atom stereocenters. The molecule has 3 rings (SSSR count). The van der Waals surface area contributed by atoms with E-state index in [1.807, 2.05) is 0 Å². The lowest BCUT2D eigenvalue weighted by molar-refractivity contribution is -0.124. The highest BCUT2D eigenvalue weighted by atomic mass is 32.2. The number of benzene rings is 2. The van der Waals surface area contributed by atoms with Crippen molar-refractivity contribution >= 4 is 27.3 Å². The second kappa shape index (κ2) is 7.11. The molecule has 0 unspecified atom stereocenters. The van der Waals surface area contributed by atoms with E-state index in [4.69, 9.17) is 9.47 Å². The van der Waals surface area contributed by atoms with Gasteiger partial charge in [-0.05, 0) is 43.7 Å². The Balaban J connectivity index is 1.78. The van der Waals surface area contributed by atoms with Crippen LogP contribution in [0, 0.1) is 5.41 Å². The van der Waals surface area contributed by atoms with Crippen molar-refractivity contribution in [1.29, 1.82) is 0 Å². The Hall–Kier alpha value is -2.74. The van der Waals surface area contributed by atoms with Crippen LogP contribution in [0.4, 0.5) is 11.4 Å². The second-order valence-electron chi connectivity index (χ2n) is 7.05. The van der Waals surface area contributed by atoms with Gasteiger partial charge in [0.15, 0.2) is 0 Å². The molecule has 27 heavy (non-hydrogen) atoms. The van der Waals surface area contributed by atoms with Gasteiger partial charge in [0.25, 0.3) is 0 Å². The van der Waals surface area contributed by atoms with E-state index in [9.17, 15) is 13.2 Å². The van der Waals surface area contributed by atoms with E-state index in [1.165, 1.54) is 7.11 Å². The fraction of sp³-hybridized carbons (Fsp3) is 0.316. The van der Waals surface area contributed by atoms with Crippen molar-refractivity contribution in [3.63, 3.8) is 0 Å². The lowest BCUT2D eigenvalue weighted by Crippen LogP contribution is -2.33. The number of carbonyl (C=O) groups excluding carboxylic acids is 1. The summed E-state index contributed by atoms with van der Waals surface area (Å²) in [6.45, 7) is 3.77. The van der Waals surface area contributed by atoms with Crippen LogP contribution >= 0.6 is 0 Å². The van der Waals surface area contributed by atoms with Crippen LogP contribution in [0.3, 0.4) is 0 Å². The molecule has 0 radical (unpaired) electrons. The second-order valence-corrected chi connectivity index (χ2v) is 8.77.